The highest BCUT2D eigenvalue weighted by Crippen LogP contribution is 2.21. The van der Waals surface area contributed by atoms with Crippen LogP contribution in [-0.4, -0.2) is 23.7 Å². The summed E-state index contributed by atoms with van der Waals surface area (Å²) in [7, 11) is 0. The number of nitrogen functional groups attached to an aromatic ring is 1. The van der Waals surface area contributed by atoms with Crippen LogP contribution in [0.4, 0.5) is 5.69 Å². The summed E-state index contributed by atoms with van der Waals surface area (Å²) in [6.45, 7) is 6.37. The maximum absolute atomic E-state index is 11.9. The molecular formula is C14H21BrN2O2. The molecule has 5 heteroatoms. The summed E-state index contributed by atoms with van der Waals surface area (Å²) in [6, 6.07) is 5.10. The largest absolute Gasteiger partial charge is 0.398 e. The zero-order chi connectivity index (χ0) is 14.6. The molecule has 0 aromatic heterocycles. The van der Waals surface area contributed by atoms with Crippen molar-refractivity contribution < 1.29 is 9.90 Å². The summed E-state index contributed by atoms with van der Waals surface area (Å²) in [4.78, 5) is 11.9. The summed E-state index contributed by atoms with van der Waals surface area (Å²) >= 11 is 3.29. The van der Waals surface area contributed by atoms with Crippen molar-refractivity contribution in [3.8, 4) is 0 Å². The average molecular weight is 329 g/mol. The molecule has 0 bridgehead atoms. The molecule has 0 aliphatic rings. The molecule has 4 N–H and O–H groups in total. The Balaban J connectivity index is 2.56. The lowest BCUT2D eigenvalue weighted by atomic mass is 9.89. The van der Waals surface area contributed by atoms with Gasteiger partial charge in [-0.25, -0.2) is 0 Å². The lowest BCUT2D eigenvalue weighted by Crippen LogP contribution is -2.34. The van der Waals surface area contributed by atoms with E-state index < -0.39 is 6.10 Å². The highest BCUT2D eigenvalue weighted by Gasteiger charge is 2.18. The number of rotatable bonds is 4. The van der Waals surface area contributed by atoms with Gasteiger partial charge in [0.1, 0.15) is 0 Å². The molecule has 0 saturated carbocycles. The summed E-state index contributed by atoms with van der Waals surface area (Å²) in [5.74, 6) is -0.266. The van der Waals surface area contributed by atoms with E-state index in [1.54, 1.807) is 18.2 Å². The molecule has 1 unspecified atom stereocenters. The number of nitrogens with two attached hydrogens (primary N) is 1. The quantitative estimate of drug-likeness (QED) is 0.743. The predicted molar refractivity (Wildman–Crippen MR) is 81.0 cm³/mol. The molecule has 0 fully saturated rings. The number of carbonyl (C=O) groups excluding carboxylic acids is 1. The van der Waals surface area contributed by atoms with E-state index in [1.807, 2.05) is 20.8 Å². The van der Waals surface area contributed by atoms with Crippen molar-refractivity contribution in [3.63, 3.8) is 0 Å². The van der Waals surface area contributed by atoms with Gasteiger partial charge in [0.25, 0.3) is 5.91 Å². The molecule has 106 valence electrons. The highest BCUT2D eigenvalue weighted by atomic mass is 79.9. The number of benzene rings is 1. The normalized spacial score (nSPS) is 13.1. The second-order valence-corrected chi connectivity index (χ2v) is 6.78. The van der Waals surface area contributed by atoms with Crippen molar-refractivity contribution in [1.29, 1.82) is 0 Å². The van der Waals surface area contributed by atoms with Crippen LogP contribution in [0, 0.1) is 5.41 Å². The van der Waals surface area contributed by atoms with E-state index in [9.17, 15) is 9.90 Å². The molecule has 0 saturated heterocycles. The Hall–Kier alpha value is -1.07. The summed E-state index contributed by atoms with van der Waals surface area (Å²) in [5, 5.41) is 12.5. The van der Waals surface area contributed by atoms with Crippen molar-refractivity contribution in [2.45, 2.75) is 33.3 Å². The van der Waals surface area contributed by atoms with Gasteiger partial charge in [-0.1, -0.05) is 36.7 Å². The Morgan fingerprint density at radius 1 is 1.47 bits per heavy atom. The minimum absolute atomic E-state index is 0.0286. The van der Waals surface area contributed by atoms with Crippen LogP contribution in [0.25, 0.3) is 0 Å². The van der Waals surface area contributed by atoms with Crippen LogP contribution in [0.15, 0.2) is 22.7 Å². The van der Waals surface area contributed by atoms with Crippen molar-refractivity contribution in [2.75, 3.05) is 12.3 Å². The van der Waals surface area contributed by atoms with E-state index in [1.165, 1.54) is 0 Å². The van der Waals surface area contributed by atoms with Crippen LogP contribution in [0.2, 0.25) is 0 Å². The molecule has 1 aromatic carbocycles. The minimum atomic E-state index is -0.555. The fourth-order valence-corrected chi connectivity index (χ4v) is 2.20. The fraction of sp³-hybridized carbons (Fsp3) is 0.500. The maximum atomic E-state index is 11.9. The van der Waals surface area contributed by atoms with Crippen molar-refractivity contribution in [2.24, 2.45) is 5.41 Å². The molecule has 19 heavy (non-hydrogen) atoms. The number of carbonyl (C=O) groups is 1. The third-order valence-electron chi connectivity index (χ3n) is 2.60. The summed E-state index contributed by atoms with van der Waals surface area (Å²) < 4.78 is 0.828. The monoisotopic (exact) mass is 328 g/mol. The highest BCUT2D eigenvalue weighted by molar-refractivity contribution is 9.10. The van der Waals surface area contributed by atoms with E-state index in [2.05, 4.69) is 21.2 Å². The van der Waals surface area contributed by atoms with E-state index in [4.69, 9.17) is 5.73 Å². The van der Waals surface area contributed by atoms with Gasteiger partial charge in [-0.3, -0.25) is 4.79 Å². The van der Waals surface area contributed by atoms with E-state index in [0.29, 0.717) is 17.7 Å². The predicted octanol–water partition coefficient (Wildman–Crippen LogP) is 2.56. The number of aliphatic hydroxyl groups excluding tert-OH is 1. The second kappa shape index (κ2) is 6.39. The smallest absolute Gasteiger partial charge is 0.253 e. The first kappa shape index (κ1) is 16.0. The molecule has 1 rings (SSSR count). The number of aliphatic hydroxyl groups is 1. The van der Waals surface area contributed by atoms with Gasteiger partial charge in [0, 0.05) is 16.7 Å². The third kappa shape index (κ3) is 5.61. The van der Waals surface area contributed by atoms with Crippen LogP contribution < -0.4 is 11.1 Å². The molecule has 0 aliphatic carbocycles. The molecule has 4 nitrogen and oxygen atoms in total. The Morgan fingerprint density at radius 3 is 2.63 bits per heavy atom. The second-order valence-electron chi connectivity index (χ2n) is 5.86. The van der Waals surface area contributed by atoms with Gasteiger partial charge in [-0.15, -0.1) is 0 Å². The number of halogens is 1. The van der Waals surface area contributed by atoms with Crippen LogP contribution in [0.3, 0.4) is 0 Å². The molecular weight excluding hydrogens is 308 g/mol. The van der Waals surface area contributed by atoms with Crippen LogP contribution in [0.5, 0.6) is 0 Å². The van der Waals surface area contributed by atoms with Crippen LogP contribution in [0.1, 0.15) is 37.6 Å². The number of hydrogen-bond acceptors (Lipinski definition) is 3. The summed E-state index contributed by atoms with van der Waals surface area (Å²) in [5.41, 5.74) is 6.64. The van der Waals surface area contributed by atoms with Gasteiger partial charge in [0.2, 0.25) is 0 Å². The summed E-state index contributed by atoms with van der Waals surface area (Å²) in [6.07, 6.45) is 0.0731. The molecule has 0 radical (unpaired) electrons. The number of anilines is 1. The van der Waals surface area contributed by atoms with Gasteiger partial charge in [-0.05, 0) is 30.0 Å². The molecule has 0 spiro atoms. The number of amides is 1. The van der Waals surface area contributed by atoms with Crippen molar-refractivity contribution in [3.05, 3.63) is 28.2 Å². The fourth-order valence-electron chi connectivity index (χ4n) is 1.83. The zero-order valence-electron chi connectivity index (χ0n) is 11.5. The number of hydrogen-bond donors (Lipinski definition) is 3. The molecule has 1 amide bonds. The van der Waals surface area contributed by atoms with Crippen molar-refractivity contribution in [1.82, 2.24) is 5.32 Å². The Morgan fingerprint density at radius 2 is 2.11 bits per heavy atom. The lowest BCUT2D eigenvalue weighted by Gasteiger charge is -2.22. The molecule has 0 heterocycles. The van der Waals surface area contributed by atoms with Crippen LogP contribution in [-0.2, 0) is 0 Å². The van der Waals surface area contributed by atoms with Crippen LogP contribution >= 0.6 is 15.9 Å². The first-order valence-electron chi connectivity index (χ1n) is 6.20. The topological polar surface area (TPSA) is 75.3 Å². The van der Waals surface area contributed by atoms with E-state index in [-0.39, 0.29) is 17.9 Å². The standard InChI is InChI=1S/C14H21BrN2O2/c1-14(2,3)7-10(18)8-17-13(19)11-5-4-9(15)6-12(11)16/h4-6,10,18H,7-8,16H2,1-3H3,(H,17,19). The Kier molecular flexibility index (Phi) is 5.38. The Bertz CT molecular complexity index is 455. The molecule has 1 atom stereocenters. The van der Waals surface area contributed by atoms with E-state index in [0.717, 1.165) is 4.47 Å². The lowest BCUT2D eigenvalue weighted by molar-refractivity contribution is 0.0869. The maximum Gasteiger partial charge on any atom is 0.253 e. The van der Waals surface area contributed by atoms with Gasteiger partial charge < -0.3 is 16.2 Å². The zero-order valence-corrected chi connectivity index (χ0v) is 13.1. The average Bonchev–Trinajstić information content (AvgIpc) is 2.23. The van der Waals surface area contributed by atoms with E-state index >= 15 is 0 Å². The Labute approximate surface area is 122 Å². The SMILES string of the molecule is CC(C)(C)CC(O)CNC(=O)c1ccc(Br)cc1N. The third-order valence-corrected chi connectivity index (χ3v) is 3.10. The van der Waals surface area contributed by atoms with Crippen molar-refractivity contribution >= 4 is 27.5 Å². The number of nitrogens with one attached hydrogen (secondary N) is 1. The van der Waals surface area contributed by atoms with Gasteiger partial charge >= 0.3 is 0 Å². The first-order chi connectivity index (χ1) is 8.69. The van der Waals surface area contributed by atoms with Gasteiger partial charge in [-0.2, -0.15) is 0 Å². The first-order valence-corrected chi connectivity index (χ1v) is 6.99. The minimum Gasteiger partial charge on any atom is -0.398 e. The van der Waals surface area contributed by atoms with Gasteiger partial charge in [0.05, 0.1) is 11.7 Å². The molecule has 0 aliphatic heterocycles. The molecule has 1 aromatic rings. The van der Waals surface area contributed by atoms with Gasteiger partial charge in [0.15, 0.2) is 0 Å².